The summed E-state index contributed by atoms with van der Waals surface area (Å²) in [5, 5.41) is 18.9. The number of hydrogen-bond acceptors (Lipinski definition) is 2. The normalized spacial score (nSPS) is 11.7. The Hall–Kier alpha value is -1.22. The molecular weight excluding hydrogens is 190 g/mol. The lowest BCUT2D eigenvalue weighted by atomic mass is 10.1. The number of nitrogens with zero attached hydrogens (tertiary/aromatic N) is 1. The molecule has 2 N–H and O–H groups in total. The van der Waals surface area contributed by atoms with E-state index in [0.29, 0.717) is 0 Å². The molecule has 0 radical (unpaired) electrons. The van der Waals surface area contributed by atoms with Gasteiger partial charge in [0.25, 0.3) is 0 Å². The Balaban J connectivity index is 2.70. The fourth-order valence-corrected chi connectivity index (χ4v) is 1.36. The molecule has 0 atom stereocenters. The maximum Gasteiger partial charge on any atom is 0.160 e. The number of rotatable bonds is 4. The van der Waals surface area contributed by atoms with Gasteiger partial charge in [0.1, 0.15) is 0 Å². The van der Waals surface area contributed by atoms with Crippen LogP contribution in [0, 0.1) is 0 Å². The summed E-state index contributed by atoms with van der Waals surface area (Å²) in [5.41, 5.74) is 0.814. The molecule has 84 valence electrons. The number of aromatic hydroxyl groups is 2. The molecule has 0 amide bonds. The lowest BCUT2D eigenvalue weighted by molar-refractivity contribution is -0.888. The third-order valence-corrected chi connectivity index (χ3v) is 2.94. The van der Waals surface area contributed by atoms with Crippen molar-refractivity contribution in [2.24, 2.45) is 0 Å². The fraction of sp³-hybridized carbons (Fsp3) is 0.500. The summed E-state index contributed by atoms with van der Waals surface area (Å²) in [4.78, 5) is 0. The molecule has 0 aliphatic carbocycles. The van der Waals surface area contributed by atoms with Crippen molar-refractivity contribution in [1.29, 1.82) is 0 Å². The number of para-hydroxylation sites is 1. The van der Waals surface area contributed by atoms with Gasteiger partial charge in [0.15, 0.2) is 11.5 Å². The zero-order chi connectivity index (χ0) is 11.5. The number of phenolic OH excluding ortho intramolecular Hbond substituents is 2. The van der Waals surface area contributed by atoms with Gasteiger partial charge in [-0.25, -0.2) is 0 Å². The lowest BCUT2D eigenvalue weighted by Gasteiger charge is -2.28. The molecule has 0 fully saturated rings. The van der Waals surface area contributed by atoms with Crippen LogP contribution in [0.25, 0.3) is 0 Å². The molecule has 0 aliphatic heterocycles. The number of likely N-dealkylation sites (N-methyl/N-ethyl adjacent to an activating group) is 1. The van der Waals surface area contributed by atoms with Gasteiger partial charge >= 0.3 is 0 Å². The van der Waals surface area contributed by atoms with Crippen molar-refractivity contribution in [3.63, 3.8) is 0 Å². The summed E-state index contributed by atoms with van der Waals surface area (Å²) in [6, 6.07) is 5.11. The smallest absolute Gasteiger partial charge is 0.160 e. The van der Waals surface area contributed by atoms with Gasteiger partial charge in [-0.05, 0) is 13.0 Å². The first-order valence-corrected chi connectivity index (χ1v) is 5.28. The van der Waals surface area contributed by atoms with E-state index < -0.39 is 0 Å². The standard InChI is InChI=1S/C12H19NO2/c1-4-13(2,3)9-8-10-6-5-7-11(14)12(10)15/h5-7H,4,8-9H2,1-3H3,(H-,14,15)/p+1. The summed E-state index contributed by atoms with van der Waals surface area (Å²) in [6.45, 7) is 4.15. The van der Waals surface area contributed by atoms with Crippen LogP contribution in [0.3, 0.4) is 0 Å². The van der Waals surface area contributed by atoms with Crippen molar-refractivity contribution in [3.05, 3.63) is 23.8 Å². The van der Waals surface area contributed by atoms with Crippen molar-refractivity contribution < 1.29 is 14.7 Å². The van der Waals surface area contributed by atoms with Crippen LogP contribution in [-0.2, 0) is 6.42 Å². The van der Waals surface area contributed by atoms with Crippen LogP contribution in [0.5, 0.6) is 11.5 Å². The highest BCUT2D eigenvalue weighted by Gasteiger charge is 2.14. The quantitative estimate of drug-likeness (QED) is 0.587. The van der Waals surface area contributed by atoms with Crippen LogP contribution in [0.15, 0.2) is 18.2 Å². The van der Waals surface area contributed by atoms with E-state index in [4.69, 9.17) is 0 Å². The van der Waals surface area contributed by atoms with Crippen LogP contribution in [0.1, 0.15) is 12.5 Å². The minimum Gasteiger partial charge on any atom is -0.504 e. The van der Waals surface area contributed by atoms with E-state index >= 15 is 0 Å². The molecule has 0 saturated heterocycles. The van der Waals surface area contributed by atoms with Gasteiger partial charge in [0.05, 0.1) is 27.2 Å². The summed E-state index contributed by atoms with van der Waals surface area (Å²) in [6.07, 6.45) is 0.779. The first kappa shape index (κ1) is 11.9. The average molecular weight is 210 g/mol. The molecular formula is C12H20NO2+. The fourth-order valence-electron chi connectivity index (χ4n) is 1.36. The van der Waals surface area contributed by atoms with Gasteiger partial charge in [-0.1, -0.05) is 12.1 Å². The minimum atomic E-state index is -0.0331. The molecule has 0 unspecified atom stereocenters. The second-order valence-electron chi connectivity index (χ2n) is 4.51. The number of benzene rings is 1. The monoisotopic (exact) mass is 210 g/mol. The molecule has 0 bridgehead atoms. The summed E-state index contributed by atoms with van der Waals surface area (Å²) >= 11 is 0. The third kappa shape index (κ3) is 3.13. The number of hydrogen-bond donors (Lipinski definition) is 2. The largest absolute Gasteiger partial charge is 0.504 e. The van der Waals surface area contributed by atoms with Crippen molar-refractivity contribution in [3.8, 4) is 11.5 Å². The zero-order valence-electron chi connectivity index (χ0n) is 9.70. The van der Waals surface area contributed by atoms with Crippen LogP contribution >= 0.6 is 0 Å². The Labute approximate surface area is 91.2 Å². The van der Waals surface area contributed by atoms with Crippen LogP contribution < -0.4 is 0 Å². The summed E-state index contributed by atoms with van der Waals surface area (Å²) in [7, 11) is 4.31. The molecule has 0 spiro atoms. The Morgan fingerprint density at radius 2 is 1.87 bits per heavy atom. The second kappa shape index (κ2) is 4.53. The first-order valence-electron chi connectivity index (χ1n) is 5.28. The molecule has 0 saturated carbocycles. The van der Waals surface area contributed by atoms with E-state index in [9.17, 15) is 10.2 Å². The average Bonchev–Trinajstić information content (AvgIpc) is 2.20. The van der Waals surface area contributed by atoms with E-state index in [1.54, 1.807) is 6.07 Å². The molecule has 15 heavy (non-hydrogen) atoms. The Bertz CT molecular complexity index is 334. The van der Waals surface area contributed by atoms with E-state index in [0.717, 1.165) is 29.6 Å². The van der Waals surface area contributed by atoms with Gasteiger partial charge in [-0.15, -0.1) is 0 Å². The van der Waals surface area contributed by atoms with Gasteiger partial charge in [0, 0.05) is 12.0 Å². The zero-order valence-corrected chi connectivity index (χ0v) is 9.70. The lowest BCUT2D eigenvalue weighted by Crippen LogP contribution is -2.40. The molecule has 3 nitrogen and oxygen atoms in total. The van der Waals surface area contributed by atoms with Gasteiger partial charge in [0.2, 0.25) is 0 Å². The molecule has 1 aromatic rings. The minimum absolute atomic E-state index is 0.0219. The highest BCUT2D eigenvalue weighted by atomic mass is 16.3. The molecule has 3 heteroatoms. The highest BCUT2D eigenvalue weighted by molar-refractivity contribution is 5.44. The van der Waals surface area contributed by atoms with Crippen LogP contribution in [0.2, 0.25) is 0 Å². The molecule has 0 aromatic heterocycles. The Kier molecular flexibility index (Phi) is 3.58. The maximum atomic E-state index is 9.61. The van der Waals surface area contributed by atoms with Crippen molar-refractivity contribution in [2.45, 2.75) is 13.3 Å². The third-order valence-electron chi connectivity index (χ3n) is 2.94. The summed E-state index contributed by atoms with van der Waals surface area (Å²) < 4.78 is 0.912. The molecule has 1 aromatic carbocycles. The molecule has 0 aliphatic rings. The Morgan fingerprint density at radius 3 is 2.47 bits per heavy atom. The van der Waals surface area contributed by atoms with E-state index in [-0.39, 0.29) is 11.5 Å². The van der Waals surface area contributed by atoms with Crippen LogP contribution in [0.4, 0.5) is 0 Å². The number of phenols is 2. The molecule has 0 heterocycles. The van der Waals surface area contributed by atoms with Gasteiger partial charge in [-0.2, -0.15) is 0 Å². The van der Waals surface area contributed by atoms with E-state index in [1.165, 1.54) is 6.07 Å². The highest BCUT2D eigenvalue weighted by Crippen LogP contribution is 2.28. The maximum absolute atomic E-state index is 9.61. The van der Waals surface area contributed by atoms with Crippen molar-refractivity contribution in [1.82, 2.24) is 0 Å². The Morgan fingerprint density at radius 1 is 1.20 bits per heavy atom. The van der Waals surface area contributed by atoms with Crippen molar-refractivity contribution >= 4 is 0 Å². The van der Waals surface area contributed by atoms with Gasteiger partial charge in [-0.3, -0.25) is 0 Å². The van der Waals surface area contributed by atoms with E-state index in [2.05, 4.69) is 21.0 Å². The first-order chi connectivity index (χ1) is 6.96. The predicted octanol–water partition coefficient (Wildman–Crippen LogP) is 1.74. The van der Waals surface area contributed by atoms with Gasteiger partial charge < -0.3 is 14.7 Å². The topological polar surface area (TPSA) is 40.5 Å². The van der Waals surface area contributed by atoms with Crippen LogP contribution in [-0.4, -0.2) is 41.9 Å². The SMILES string of the molecule is CC[N+](C)(C)CCc1cccc(O)c1O. The van der Waals surface area contributed by atoms with Crippen molar-refractivity contribution in [2.75, 3.05) is 27.2 Å². The number of quaternary nitrogens is 1. The van der Waals surface area contributed by atoms with E-state index in [1.807, 2.05) is 6.07 Å². The molecule has 1 rings (SSSR count). The predicted molar refractivity (Wildman–Crippen MR) is 61.0 cm³/mol. The second-order valence-corrected chi connectivity index (χ2v) is 4.51. The summed E-state index contributed by atoms with van der Waals surface area (Å²) in [5.74, 6) is -0.0112.